The van der Waals surface area contributed by atoms with E-state index in [4.69, 9.17) is 15.2 Å². The van der Waals surface area contributed by atoms with Crippen LogP contribution in [0.4, 0.5) is 5.00 Å². The fourth-order valence-corrected chi connectivity index (χ4v) is 4.86. The Balaban J connectivity index is 1.52. The Kier molecular flexibility index (Phi) is 4.61. The lowest BCUT2D eigenvalue weighted by atomic mass is 9.88. The van der Waals surface area contributed by atoms with Gasteiger partial charge in [-0.2, -0.15) is 0 Å². The fraction of sp³-hybridized carbons (Fsp3) is 0.300. The molecule has 2 aliphatic rings. The number of benzene rings is 1. The summed E-state index contributed by atoms with van der Waals surface area (Å²) in [7, 11) is 0. The summed E-state index contributed by atoms with van der Waals surface area (Å²) in [4.78, 5) is 25.5. The molecule has 4 rings (SSSR count). The van der Waals surface area contributed by atoms with Crippen LogP contribution in [0.5, 0.6) is 11.5 Å². The van der Waals surface area contributed by atoms with Gasteiger partial charge in [0.15, 0.2) is 11.5 Å². The average molecular weight is 384 g/mol. The summed E-state index contributed by atoms with van der Waals surface area (Å²) in [6.45, 7) is 2.40. The smallest absolute Gasteiger partial charge is 0.251 e. The van der Waals surface area contributed by atoms with Gasteiger partial charge in [-0.05, 0) is 54.5 Å². The molecule has 7 heteroatoms. The molecule has 0 radical (unpaired) electrons. The summed E-state index contributed by atoms with van der Waals surface area (Å²) in [5.74, 6) is 1.14. The van der Waals surface area contributed by atoms with Crippen LogP contribution in [0, 0.1) is 5.92 Å². The molecule has 0 fully saturated rings. The number of carbonyl (C=O) groups excluding carboxylic acids is 2. The van der Waals surface area contributed by atoms with E-state index in [9.17, 15) is 9.59 Å². The third-order valence-corrected chi connectivity index (χ3v) is 5.99. The number of hydrogen-bond donors (Lipinski definition) is 2. The Morgan fingerprint density at radius 3 is 2.93 bits per heavy atom. The summed E-state index contributed by atoms with van der Waals surface area (Å²) in [6.07, 6.45) is 5.90. The van der Waals surface area contributed by atoms with Gasteiger partial charge in [0.2, 0.25) is 12.7 Å². The largest absolute Gasteiger partial charge is 0.454 e. The molecule has 1 aliphatic heterocycles. The molecule has 0 spiro atoms. The summed E-state index contributed by atoms with van der Waals surface area (Å²) in [5.41, 5.74) is 7.87. The first-order chi connectivity index (χ1) is 13.0. The first-order valence-electron chi connectivity index (χ1n) is 8.84. The SMILES string of the molecule is CC1CCc2c(sc(NC(=O)C=Cc3ccc4c(c3)OCO4)c2C(N)=O)C1. The molecule has 1 unspecified atom stereocenters. The zero-order chi connectivity index (χ0) is 19.0. The quantitative estimate of drug-likeness (QED) is 0.791. The van der Waals surface area contributed by atoms with Gasteiger partial charge in [-0.15, -0.1) is 11.3 Å². The van der Waals surface area contributed by atoms with Crippen molar-refractivity contribution in [2.75, 3.05) is 12.1 Å². The zero-order valence-corrected chi connectivity index (χ0v) is 15.7. The maximum Gasteiger partial charge on any atom is 0.251 e. The molecule has 0 saturated heterocycles. The molecule has 2 amide bonds. The number of rotatable bonds is 4. The number of carbonyl (C=O) groups is 2. The van der Waals surface area contributed by atoms with Crippen LogP contribution in [-0.2, 0) is 17.6 Å². The van der Waals surface area contributed by atoms with Crippen LogP contribution in [0.25, 0.3) is 6.08 Å². The molecular formula is C20H20N2O4S. The molecule has 0 saturated carbocycles. The van der Waals surface area contributed by atoms with E-state index in [0.29, 0.717) is 28.0 Å². The maximum atomic E-state index is 12.4. The van der Waals surface area contributed by atoms with Crippen molar-refractivity contribution in [3.8, 4) is 11.5 Å². The number of fused-ring (bicyclic) bond motifs is 2. The number of amides is 2. The summed E-state index contributed by atoms with van der Waals surface area (Å²) in [5, 5.41) is 3.37. The van der Waals surface area contributed by atoms with Gasteiger partial charge in [0, 0.05) is 11.0 Å². The van der Waals surface area contributed by atoms with E-state index in [-0.39, 0.29) is 12.7 Å². The van der Waals surface area contributed by atoms with Crippen molar-refractivity contribution in [3.05, 3.63) is 45.8 Å². The van der Waals surface area contributed by atoms with Gasteiger partial charge in [0.1, 0.15) is 5.00 Å². The third-order valence-electron chi connectivity index (χ3n) is 4.82. The second-order valence-corrected chi connectivity index (χ2v) is 7.96. The van der Waals surface area contributed by atoms with Gasteiger partial charge in [-0.3, -0.25) is 9.59 Å². The number of anilines is 1. The third kappa shape index (κ3) is 3.55. The minimum atomic E-state index is -0.489. The van der Waals surface area contributed by atoms with Crippen LogP contribution in [0.1, 0.15) is 39.7 Å². The van der Waals surface area contributed by atoms with Crippen molar-refractivity contribution < 1.29 is 19.1 Å². The van der Waals surface area contributed by atoms with Gasteiger partial charge in [0.05, 0.1) is 5.56 Å². The first kappa shape index (κ1) is 17.6. The Morgan fingerprint density at radius 1 is 1.30 bits per heavy atom. The van der Waals surface area contributed by atoms with E-state index < -0.39 is 5.91 Å². The molecule has 0 bridgehead atoms. The summed E-state index contributed by atoms with van der Waals surface area (Å²) >= 11 is 1.46. The van der Waals surface area contributed by atoms with Gasteiger partial charge >= 0.3 is 0 Å². The number of ether oxygens (including phenoxy) is 2. The van der Waals surface area contributed by atoms with E-state index in [1.807, 2.05) is 12.1 Å². The normalized spacial score (nSPS) is 17.7. The highest BCUT2D eigenvalue weighted by Gasteiger charge is 2.26. The number of nitrogens with one attached hydrogen (secondary N) is 1. The summed E-state index contributed by atoms with van der Waals surface area (Å²) in [6, 6.07) is 5.46. The Morgan fingerprint density at radius 2 is 2.11 bits per heavy atom. The van der Waals surface area contributed by atoms with Gasteiger partial charge in [-0.1, -0.05) is 13.0 Å². The number of nitrogens with two attached hydrogens (primary N) is 1. The van der Waals surface area contributed by atoms with Gasteiger partial charge < -0.3 is 20.5 Å². The standard InChI is InChI=1S/C20H20N2O4S/c1-11-2-5-13-16(8-11)27-20(18(13)19(21)24)22-17(23)7-4-12-3-6-14-15(9-12)26-10-25-14/h3-4,6-7,9,11H,2,5,8,10H2,1H3,(H2,21,24)(H,22,23). The second-order valence-electron chi connectivity index (χ2n) is 6.86. The molecule has 2 aromatic rings. The van der Waals surface area contributed by atoms with E-state index in [0.717, 1.165) is 35.3 Å². The van der Waals surface area contributed by atoms with E-state index in [2.05, 4.69) is 12.2 Å². The van der Waals surface area contributed by atoms with Crippen LogP contribution in [0.3, 0.4) is 0 Å². The van der Waals surface area contributed by atoms with Gasteiger partial charge in [0.25, 0.3) is 5.91 Å². The predicted molar refractivity (Wildman–Crippen MR) is 104 cm³/mol. The van der Waals surface area contributed by atoms with E-state index in [1.165, 1.54) is 17.4 Å². The minimum absolute atomic E-state index is 0.209. The lowest BCUT2D eigenvalue weighted by molar-refractivity contribution is -0.111. The second kappa shape index (κ2) is 7.08. The molecule has 2 heterocycles. The van der Waals surface area contributed by atoms with Crippen LogP contribution in [0.2, 0.25) is 0 Å². The monoisotopic (exact) mass is 384 g/mol. The molecule has 27 heavy (non-hydrogen) atoms. The average Bonchev–Trinajstić information content (AvgIpc) is 3.22. The molecule has 3 N–H and O–H groups in total. The zero-order valence-electron chi connectivity index (χ0n) is 14.9. The van der Waals surface area contributed by atoms with E-state index in [1.54, 1.807) is 12.1 Å². The molecule has 1 aromatic carbocycles. The maximum absolute atomic E-state index is 12.4. The van der Waals surface area contributed by atoms with Gasteiger partial charge in [-0.25, -0.2) is 0 Å². The molecule has 6 nitrogen and oxygen atoms in total. The molecule has 1 aromatic heterocycles. The van der Waals surface area contributed by atoms with Crippen LogP contribution in [0.15, 0.2) is 24.3 Å². The van der Waals surface area contributed by atoms with Crippen LogP contribution < -0.4 is 20.5 Å². The lowest BCUT2D eigenvalue weighted by Gasteiger charge is -2.18. The van der Waals surface area contributed by atoms with Crippen LogP contribution >= 0.6 is 11.3 Å². The highest BCUT2D eigenvalue weighted by molar-refractivity contribution is 7.17. The van der Waals surface area contributed by atoms with Crippen molar-refractivity contribution in [1.29, 1.82) is 0 Å². The van der Waals surface area contributed by atoms with Crippen molar-refractivity contribution in [2.45, 2.75) is 26.2 Å². The van der Waals surface area contributed by atoms with Crippen molar-refractivity contribution in [2.24, 2.45) is 11.7 Å². The first-order valence-corrected chi connectivity index (χ1v) is 9.66. The number of thiophene rings is 1. The Labute approximate surface area is 161 Å². The molecular weight excluding hydrogens is 364 g/mol. The lowest BCUT2D eigenvalue weighted by Crippen LogP contribution is -2.18. The fourth-order valence-electron chi connectivity index (χ4n) is 3.44. The predicted octanol–water partition coefficient (Wildman–Crippen LogP) is 3.35. The molecule has 1 aliphatic carbocycles. The van der Waals surface area contributed by atoms with Crippen LogP contribution in [-0.4, -0.2) is 18.6 Å². The molecule has 140 valence electrons. The number of hydrogen-bond acceptors (Lipinski definition) is 5. The van der Waals surface area contributed by atoms with Crippen molar-refractivity contribution in [3.63, 3.8) is 0 Å². The highest BCUT2D eigenvalue weighted by Crippen LogP contribution is 2.39. The Hall–Kier alpha value is -2.80. The van der Waals surface area contributed by atoms with Crippen molar-refractivity contribution in [1.82, 2.24) is 0 Å². The topological polar surface area (TPSA) is 90.7 Å². The Bertz CT molecular complexity index is 948. The van der Waals surface area contributed by atoms with E-state index >= 15 is 0 Å². The highest BCUT2D eigenvalue weighted by atomic mass is 32.1. The van der Waals surface area contributed by atoms with Crippen molar-refractivity contribution >= 4 is 34.2 Å². The number of primary amides is 1. The minimum Gasteiger partial charge on any atom is -0.454 e. The summed E-state index contributed by atoms with van der Waals surface area (Å²) < 4.78 is 10.6. The molecule has 1 atom stereocenters.